The van der Waals surface area contributed by atoms with Crippen LogP contribution in [0.3, 0.4) is 0 Å². The average Bonchev–Trinajstić information content (AvgIpc) is 2.37. The van der Waals surface area contributed by atoms with Crippen molar-refractivity contribution in [2.45, 2.75) is 0 Å². The van der Waals surface area contributed by atoms with Gasteiger partial charge in [0.2, 0.25) is 5.88 Å². The number of benzene rings is 1. The summed E-state index contributed by atoms with van der Waals surface area (Å²) in [5, 5.41) is 2.07. The maximum atomic E-state index is 5.70. The Morgan fingerprint density at radius 2 is 2.06 bits per heavy atom. The number of methoxy groups -OCH3 is 1. The van der Waals surface area contributed by atoms with E-state index in [2.05, 4.69) is 9.88 Å². The van der Waals surface area contributed by atoms with Gasteiger partial charge in [0.15, 0.2) is 0 Å². The largest absolute Gasteiger partial charge is 0.492 e. The predicted molar refractivity (Wildman–Crippen MR) is 72.3 cm³/mol. The molecule has 0 aliphatic rings. The van der Waals surface area contributed by atoms with Crippen molar-refractivity contribution in [2.24, 2.45) is 0 Å². The van der Waals surface area contributed by atoms with Crippen molar-refractivity contribution < 1.29 is 9.47 Å². The van der Waals surface area contributed by atoms with Crippen LogP contribution in [-0.2, 0) is 0 Å². The fourth-order valence-electron chi connectivity index (χ4n) is 1.73. The molecule has 0 saturated heterocycles. The zero-order valence-electron chi connectivity index (χ0n) is 11.0. The molecular weight excluding hydrogens is 228 g/mol. The number of nitrogens with zero attached hydrogens (tertiary/aromatic N) is 2. The van der Waals surface area contributed by atoms with E-state index in [1.165, 1.54) is 0 Å². The zero-order chi connectivity index (χ0) is 13.0. The summed E-state index contributed by atoms with van der Waals surface area (Å²) in [5.41, 5.74) is 0. The summed E-state index contributed by atoms with van der Waals surface area (Å²) in [7, 11) is 5.68. The molecule has 0 atom stereocenters. The molecule has 2 rings (SSSR count). The average molecular weight is 246 g/mol. The fourth-order valence-corrected chi connectivity index (χ4v) is 1.73. The summed E-state index contributed by atoms with van der Waals surface area (Å²) in [6, 6.07) is 7.89. The fraction of sp³-hybridized carbons (Fsp3) is 0.357. The van der Waals surface area contributed by atoms with Gasteiger partial charge in [-0.1, -0.05) is 0 Å². The van der Waals surface area contributed by atoms with E-state index >= 15 is 0 Å². The molecule has 4 nitrogen and oxygen atoms in total. The van der Waals surface area contributed by atoms with Crippen LogP contribution in [0.1, 0.15) is 0 Å². The van der Waals surface area contributed by atoms with Crippen LogP contribution in [0.2, 0.25) is 0 Å². The number of aromatic nitrogens is 1. The summed E-state index contributed by atoms with van der Waals surface area (Å²) in [6.07, 6.45) is 1.74. The molecule has 2 aromatic rings. The third kappa shape index (κ3) is 2.90. The Kier molecular flexibility index (Phi) is 3.99. The second kappa shape index (κ2) is 5.69. The number of likely N-dealkylation sites (N-methyl/N-ethyl adjacent to an activating group) is 1. The molecule has 0 fully saturated rings. The van der Waals surface area contributed by atoms with Gasteiger partial charge in [0.05, 0.1) is 7.11 Å². The van der Waals surface area contributed by atoms with Crippen LogP contribution < -0.4 is 9.47 Å². The highest BCUT2D eigenvalue weighted by atomic mass is 16.5. The van der Waals surface area contributed by atoms with Crippen molar-refractivity contribution >= 4 is 10.8 Å². The highest BCUT2D eigenvalue weighted by Crippen LogP contribution is 2.26. The van der Waals surface area contributed by atoms with Crippen molar-refractivity contribution in [1.29, 1.82) is 0 Å². The smallest absolute Gasteiger partial charge is 0.221 e. The van der Waals surface area contributed by atoms with E-state index in [4.69, 9.17) is 9.47 Å². The normalized spacial score (nSPS) is 10.9. The number of ether oxygens (including phenoxy) is 2. The van der Waals surface area contributed by atoms with Gasteiger partial charge in [-0.25, -0.2) is 4.98 Å². The maximum absolute atomic E-state index is 5.70. The molecule has 0 spiro atoms. The lowest BCUT2D eigenvalue weighted by Crippen LogP contribution is -2.19. The van der Waals surface area contributed by atoms with Gasteiger partial charge < -0.3 is 14.4 Å². The zero-order valence-corrected chi connectivity index (χ0v) is 11.0. The summed E-state index contributed by atoms with van der Waals surface area (Å²) in [5.74, 6) is 1.52. The first-order chi connectivity index (χ1) is 8.70. The maximum Gasteiger partial charge on any atom is 0.221 e. The lowest BCUT2D eigenvalue weighted by atomic mass is 10.1. The van der Waals surface area contributed by atoms with Crippen molar-refractivity contribution in [3.8, 4) is 11.6 Å². The second-order valence-electron chi connectivity index (χ2n) is 4.35. The summed E-state index contributed by atoms with van der Waals surface area (Å²) >= 11 is 0. The van der Waals surface area contributed by atoms with Crippen LogP contribution in [0.5, 0.6) is 11.6 Å². The van der Waals surface area contributed by atoms with E-state index in [1.54, 1.807) is 13.3 Å². The van der Waals surface area contributed by atoms with Crippen LogP contribution in [-0.4, -0.2) is 44.2 Å². The van der Waals surface area contributed by atoms with Gasteiger partial charge >= 0.3 is 0 Å². The molecule has 18 heavy (non-hydrogen) atoms. The van der Waals surface area contributed by atoms with Gasteiger partial charge in [0.25, 0.3) is 0 Å². The Morgan fingerprint density at radius 1 is 1.22 bits per heavy atom. The summed E-state index contributed by atoms with van der Waals surface area (Å²) in [6.45, 7) is 1.58. The number of hydrogen-bond donors (Lipinski definition) is 0. The first kappa shape index (κ1) is 12.6. The van der Waals surface area contributed by atoms with Crippen LogP contribution in [0.25, 0.3) is 10.8 Å². The van der Waals surface area contributed by atoms with Gasteiger partial charge in [-0.15, -0.1) is 0 Å². The Hall–Kier alpha value is -1.81. The monoisotopic (exact) mass is 246 g/mol. The molecular formula is C14H18N2O2. The van der Waals surface area contributed by atoms with Gasteiger partial charge in [0, 0.05) is 18.1 Å². The molecule has 96 valence electrons. The summed E-state index contributed by atoms with van der Waals surface area (Å²) in [4.78, 5) is 6.26. The Balaban J connectivity index is 2.17. The minimum Gasteiger partial charge on any atom is -0.492 e. The quantitative estimate of drug-likeness (QED) is 0.810. The van der Waals surface area contributed by atoms with E-state index in [9.17, 15) is 0 Å². The molecule has 0 aliphatic carbocycles. The molecule has 4 heteroatoms. The van der Waals surface area contributed by atoms with Crippen LogP contribution in [0.4, 0.5) is 0 Å². The molecule has 0 N–H and O–H groups in total. The molecule has 1 aromatic carbocycles. The second-order valence-corrected chi connectivity index (χ2v) is 4.35. The standard InChI is InChI=1S/C14H18N2O2/c1-16(2)8-9-18-12-4-5-13-11(10-12)6-7-15-14(13)17-3/h4-7,10H,8-9H2,1-3H3. The lowest BCUT2D eigenvalue weighted by Gasteiger charge is -2.11. The Labute approximate surface area is 107 Å². The molecule has 0 amide bonds. The Morgan fingerprint density at radius 3 is 2.78 bits per heavy atom. The molecule has 0 bridgehead atoms. The predicted octanol–water partition coefficient (Wildman–Crippen LogP) is 2.18. The van der Waals surface area contributed by atoms with E-state index in [1.807, 2.05) is 38.4 Å². The molecule has 1 heterocycles. The molecule has 0 saturated carbocycles. The minimum atomic E-state index is 0.646. The minimum absolute atomic E-state index is 0.646. The molecule has 0 unspecified atom stereocenters. The van der Waals surface area contributed by atoms with Crippen LogP contribution in [0, 0.1) is 0 Å². The van der Waals surface area contributed by atoms with Crippen molar-refractivity contribution in [2.75, 3.05) is 34.4 Å². The van der Waals surface area contributed by atoms with Crippen LogP contribution >= 0.6 is 0 Å². The third-order valence-electron chi connectivity index (χ3n) is 2.70. The van der Waals surface area contributed by atoms with E-state index in [0.29, 0.717) is 12.5 Å². The first-order valence-electron chi connectivity index (χ1n) is 5.91. The number of hydrogen-bond acceptors (Lipinski definition) is 4. The molecule has 0 radical (unpaired) electrons. The lowest BCUT2D eigenvalue weighted by molar-refractivity contribution is 0.261. The van der Waals surface area contributed by atoms with Gasteiger partial charge in [-0.3, -0.25) is 0 Å². The number of pyridine rings is 1. The Bertz CT molecular complexity index is 526. The number of fused-ring (bicyclic) bond motifs is 1. The SMILES string of the molecule is COc1nccc2cc(OCCN(C)C)ccc12. The molecule has 1 aromatic heterocycles. The van der Waals surface area contributed by atoms with E-state index in [0.717, 1.165) is 23.1 Å². The topological polar surface area (TPSA) is 34.6 Å². The third-order valence-corrected chi connectivity index (χ3v) is 2.70. The highest BCUT2D eigenvalue weighted by Gasteiger charge is 2.03. The van der Waals surface area contributed by atoms with Crippen molar-refractivity contribution in [1.82, 2.24) is 9.88 Å². The number of rotatable bonds is 5. The van der Waals surface area contributed by atoms with Gasteiger partial charge in [0.1, 0.15) is 12.4 Å². The first-order valence-corrected chi connectivity index (χ1v) is 5.91. The summed E-state index contributed by atoms with van der Waals surface area (Å²) < 4.78 is 10.9. The van der Waals surface area contributed by atoms with E-state index < -0.39 is 0 Å². The van der Waals surface area contributed by atoms with Crippen LogP contribution in [0.15, 0.2) is 30.5 Å². The molecule has 0 aliphatic heterocycles. The van der Waals surface area contributed by atoms with Crippen molar-refractivity contribution in [3.05, 3.63) is 30.5 Å². The van der Waals surface area contributed by atoms with Gasteiger partial charge in [-0.05, 0) is 43.7 Å². The van der Waals surface area contributed by atoms with E-state index in [-0.39, 0.29) is 0 Å². The van der Waals surface area contributed by atoms with Gasteiger partial charge in [-0.2, -0.15) is 0 Å². The van der Waals surface area contributed by atoms with Crippen molar-refractivity contribution in [3.63, 3.8) is 0 Å². The highest BCUT2D eigenvalue weighted by molar-refractivity contribution is 5.87.